The molecule has 1 aromatic rings. The molecule has 0 aliphatic heterocycles. The van der Waals surface area contributed by atoms with Crippen LogP contribution in [0.15, 0.2) is 12.1 Å². The van der Waals surface area contributed by atoms with E-state index in [4.69, 9.17) is 0 Å². The van der Waals surface area contributed by atoms with E-state index >= 15 is 0 Å². The van der Waals surface area contributed by atoms with Crippen LogP contribution in [0.3, 0.4) is 0 Å². The van der Waals surface area contributed by atoms with Crippen LogP contribution in [-0.2, 0) is 0 Å². The van der Waals surface area contributed by atoms with E-state index in [9.17, 15) is 15.3 Å². The van der Waals surface area contributed by atoms with Crippen molar-refractivity contribution in [2.45, 2.75) is 33.1 Å². The van der Waals surface area contributed by atoms with Crippen molar-refractivity contribution >= 4 is 11.5 Å². The van der Waals surface area contributed by atoms with Crippen LogP contribution in [0, 0.1) is 22.2 Å². The minimum atomic E-state index is -0.496. The number of nitrogens with zero attached hydrogens (tertiary/aromatic N) is 2. The second-order valence-electron chi connectivity index (χ2n) is 3.93. The van der Waals surface area contributed by atoms with Gasteiger partial charge in [-0.25, -0.2) is 4.73 Å². The van der Waals surface area contributed by atoms with Crippen LogP contribution in [0.2, 0.25) is 0 Å². The van der Waals surface area contributed by atoms with Gasteiger partial charge in [-0.1, -0.05) is 13.3 Å². The average molecular weight is 239 g/mol. The Morgan fingerprint density at radius 3 is 2.71 bits per heavy atom. The molecule has 6 heteroatoms. The monoisotopic (exact) mass is 239 g/mol. The van der Waals surface area contributed by atoms with Crippen molar-refractivity contribution < 1.29 is 9.65 Å². The number of hydrogen-bond donors (Lipinski definition) is 1. The standard InChI is InChI=1S/C11H17N3O3/c1-3-4-5-6-12-11-8-10(14(16)17)7-9(2)13(11)15/h7-8,12H,3-6H2,1-2H3. The Morgan fingerprint density at radius 2 is 2.12 bits per heavy atom. The van der Waals surface area contributed by atoms with Gasteiger partial charge >= 0.3 is 0 Å². The first-order valence-electron chi connectivity index (χ1n) is 5.68. The Bertz CT molecular complexity index is 407. The number of anilines is 1. The lowest BCUT2D eigenvalue weighted by atomic mass is 10.2. The molecule has 1 rings (SSSR count). The van der Waals surface area contributed by atoms with Crippen LogP contribution in [-0.4, -0.2) is 11.5 Å². The summed E-state index contributed by atoms with van der Waals surface area (Å²) in [5.41, 5.74) is 0.254. The molecule has 17 heavy (non-hydrogen) atoms. The highest BCUT2D eigenvalue weighted by Crippen LogP contribution is 2.15. The third kappa shape index (κ3) is 3.58. The highest BCUT2D eigenvalue weighted by Gasteiger charge is 2.15. The van der Waals surface area contributed by atoms with E-state index in [0.29, 0.717) is 17.0 Å². The van der Waals surface area contributed by atoms with Crippen LogP contribution in [0.5, 0.6) is 0 Å². The van der Waals surface area contributed by atoms with Gasteiger partial charge in [0, 0.05) is 0 Å². The minimum Gasteiger partial charge on any atom is -0.710 e. The lowest BCUT2D eigenvalue weighted by Gasteiger charge is -2.11. The van der Waals surface area contributed by atoms with Gasteiger partial charge in [0.25, 0.3) is 11.5 Å². The zero-order valence-corrected chi connectivity index (χ0v) is 10.1. The van der Waals surface area contributed by atoms with E-state index in [1.54, 1.807) is 6.92 Å². The Kier molecular flexibility index (Phi) is 4.68. The van der Waals surface area contributed by atoms with Gasteiger partial charge in [-0.05, 0) is 19.8 Å². The van der Waals surface area contributed by atoms with Crippen molar-refractivity contribution in [3.8, 4) is 0 Å². The SMILES string of the molecule is CCCCCNc1cc([N+](=O)[O-])cc(C)[n+]1[O-]. The normalized spacial score (nSPS) is 10.2. The van der Waals surface area contributed by atoms with Crippen molar-refractivity contribution in [3.63, 3.8) is 0 Å². The predicted octanol–water partition coefficient (Wildman–Crippen LogP) is 2.14. The molecule has 0 saturated heterocycles. The molecule has 0 aromatic carbocycles. The minimum absolute atomic E-state index is 0.0624. The number of nitro groups is 1. The lowest BCUT2D eigenvalue weighted by molar-refractivity contribution is -0.598. The van der Waals surface area contributed by atoms with E-state index in [2.05, 4.69) is 12.2 Å². The number of aryl methyl sites for hydroxylation is 1. The second-order valence-corrected chi connectivity index (χ2v) is 3.93. The molecule has 0 amide bonds. The molecule has 0 spiro atoms. The fourth-order valence-electron chi connectivity index (χ4n) is 1.52. The first-order chi connectivity index (χ1) is 8.06. The predicted molar refractivity (Wildman–Crippen MR) is 64.8 cm³/mol. The van der Waals surface area contributed by atoms with E-state index in [1.165, 1.54) is 12.1 Å². The summed E-state index contributed by atoms with van der Waals surface area (Å²) in [5.74, 6) is 0.243. The molecule has 6 nitrogen and oxygen atoms in total. The molecule has 1 N–H and O–H groups in total. The maximum absolute atomic E-state index is 11.6. The molecule has 1 aromatic heterocycles. The molecule has 94 valence electrons. The van der Waals surface area contributed by atoms with Crippen LogP contribution in [0.4, 0.5) is 11.5 Å². The third-order valence-electron chi connectivity index (χ3n) is 2.48. The van der Waals surface area contributed by atoms with Gasteiger partial charge in [-0.2, -0.15) is 0 Å². The fraction of sp³-hybridized carbons (Fsp3) is 0.545. The molecule has 0 bridgehead atoms. The quantitative estimate of drug-likeness (QED) is 0.271. The molecular weight excluding hydrogens is 222 g/mol. The molecule has 0 aliphatic carbocycles. The van der Waals surface area contributed by atoms with Gasteiger partial charge < -0.3 is 5.21 Å². The first kappa shape index (κ1) is 13.2. The van der Waals surface area contributed by atoms with E-state index in [1.807, 2.05) is 0 Å². The number of hydrogen-bond acceptors (Lipinski definition) is 4. The van der Waals surface area contributed by atoms with E-state index < -0.39 is 4.92 Å². The molecule has 0 aliphatic rings. The number of nitrogens with one attached hydrogen (secondary N) is 1. The number of pyridine rings is 1. The topological polar surface area (TPSA) is 82.1 Å². The molecule has 0 unspecified atom stereocenters. The van der Waals surface area contributed by atoms with Gasteiger partial charge in [0.05, 0.1) is 17.5 Å². The highest BCUT2D eigenvalue weighted by atomic mass is 16.6. The van der Waals surface area contributed by atoms with Gasteiger partial charge in [-0.3, -0.25) is 15.4 Å². The Balaban J connectivity index is 2.79. The van der Waals surface area contributed by atoms with E-state index in [-0.39, 0.29) is 11.5 Å². The van der Waals surface area contributed by atoms with Gasteiger partial charge in [0.15, 0.2) is 0 Å². The van der Waals surface area contributed by atoms with Crippen LogP contribution in [0.1, 0.15) is 31.9 Å². The fourth-order valence-corrected chi connectivity index (χ4v) is 1.52. The summed E-state index contributed by atoms with van der Waals surface area (Å²) in [5, 5.41) is 25.2. The second kappa shape index (κ2) is 6.03. The largest absolute Gasteiger partial charge is 0.710 e. The number of rotatable bonds is 6. The molecule has 0 saturated carbocycles. The van der Waals surface area contributed by atoms with Gasteiger partial charge in [0.1, 0.15) is 11.8 Å². The van der Waals surface area contributed by atoms with Crippen LogP contribution >= 0.6 is 0 Å². The first-order valence-corrected chi connectivity index (χ1v) is 5.68. The summed E-state index contributed by atoms with van der Waals surface area (Å²) >= 11 is 0. The lowest BCUT2D eigenvalue weighted by Crippen LogP contribution is -2.34. The maximum Gasteiger partial charge on any atom is 0.284 e. The van der Waals surface area contributed by atoms with Gasteiger partial charge in [-0.15, -0.1) is 0 Å². The Hall–Kier alpha value is -1.85. The summed E-state index contributed by atoms with van der Waals surface area (Å²) < 4.78 is 0.680. The Labute approximate surface area is 100 Å². The summed E-state index contributed by atoms with van der Waals surface area (Å²) in [7, 11) is 0. The summed E-state index contributed by atoms with van der Waals surface area (Å²) in [4.78, 5) is 10.2. The average Bonchev–Trinajstić information content (AvgIpc) is 2.29. The molecule has 0 radical (unpaired) electrons. The zero-order chi connectivity index (χ0) is 12.8. The smallest absolute Gasteiger partial charge is 0.284 e. The summed E-state index contributed by atoms with van der Waals surface area (Å²) in [6.07, 6.45) is 3.10. The van der Waals surface area contributed by atoms with Crippen LogP contribution in [0.25, 0.3) is 0 Å². The van der Waals surface area contributed by atoms with Crippen LogP contribution < -0.4 is 10.0 Å². The molecular formula is C11H17N3O3. The molecule has 0 atom stereocenters. The van der Waals surface area contributed by atoms with Crippen molar-refractivity contribution in [2.24, 2.45) is 0 Å². The maximum atomic E-state index is 11.6. The number of unbranched alkanes of at least 4 members (excludes halogenated alkanes) is 2. The van der Waals surface area contributed by atoms with Crippen molar-refractivity contribution in [1.29, 1.82) is 0 Å². The zero-order valence-electron chi connectivity index (χ0n) is 10.1. The highest BCUT2D eigenvalue weighted by molar-refractivity contribution is 5.41. The summed E-state index contributed by atoms with van der Waals surface area (Å²) in [6, 6.07) is 2.54. The van der Waals surface area contributed by atoms with Crippen molar-refractivity contribution in [2.75, 3.05) is 11.9 Å². The van der Waals surface area contributed by atoms with Gasteiger partial charge in [0.2, 0.25) is 0 Å². The van der Waals surface area contributed by atoms with Crippen molar-refractivity contribution in [1.82, 2.24) is 0 Å². The summed E-state index contributed by atoms with van der Waals surface area (Å²) in [6.45, 7) is 4.29. The number of aromatic nitrogens is 1. The third-order valence-corrected chi connectivity index (χ3v) is 2.48. The van der Waals surface area contributed by atoms with Crippen molar-refractivity contribution in [3.05, 3.63) is 33.1 Å². The molecule has 0 fully saturated rings. The van der Waals surface area contributed by atoms with E-state index in [0.717, 1.165) is 19.3 Å². The Morgan fingerprint density at radius 1 is 1.41 bits per heavy atom. The molecule has 1 heterocycles.